The van der Waals surface area contributed by atoms with Crippen molar-refractivity contribution in [3.8, 4) is 11.3 Å². The van der Waals surface area contributed by atoms with E-state index in [4.69, 9.17) is 4.42 Å². The molecule has 2 aromatic carbocycles. The molecule has 100 valence electrons. The molecular weight excluding hydrogens is 260 g/mol. The molecule has 0 radical (unpaired) electrons. The molecule has 0 aliphatic carbocycles. The van der Waals surface area contributed by atoms with Crippen molar-refractivity contribution in [2.75, 3.05) is 0 Å². The predicted octanol–water partition coefficient (Wildman–Crippen LogP) is 4.69. The van der Waals surface area contributed by atoms with Crippen molar-refractivity contribution < 1.29 is 4.42 Å². The summed E-state index contributed by atoms with van der Waals surface area (Å²) in [6.07, 6.45) is 1.66. The minimum Gasteiger partial charge on any atom is -0.452 e. The van der Waals surface area contributed by atoms with Crippen LogP contribution in [0.4, 0.5) is 0 Å². The van der Waals surface area contributed by atoms with E-state index in [9.17, 15) is 0 Å². The maximum Gasteiger partial charge on any atom is 0.180 e. The van der Waals surface area contributed by atoms with Crippen LogP contribution < -0.4 is 0 Å². The van der Waals surface area contributed by atoms with Crippen LogP contribution >= 0.6 is 0 Å². The van der Waals surface area contributed by atoms with E-state index >= 15 is 0 Å². The third kappa shape index (κ3) is 1.82. The normalized spacial score (nSPS) is 11.0. The van der Waals surface area contributed by atoms with Gasteiger partial charge >= 0.3 is 0 Å². The average Bonchev–Trinajstić information content (AvgIpc) is 2.93. The number of aromatic nitrogens is 2. The molecule has 21 heavy (non-hydrogen) atoms. The van der Waals surface area contributed by atoms with E-state index in [2.05, 4.69) is 16.5 Å². The Labute approximate surface area is 121 Å². The topological polar surface area (TPSA) is 38.9 Å². The van der Waals surface area contributed by atoms with Crippen LogP contribution in [0.2, 0.25) is 0 Å². The van der Waals surface area contributed by atoms with E-state index in [1.54, 1.807) is 6.08 Å². The van der Waals surface area contributed by atoms with Gasteiger partial charge in [0.05, 0.1) is 0 Å². The highest BCUT2D eigenvalue weighted by molar-refractivity contribution is 6.06. The maximum atomic E-state index is 5.98. The van der Waals surface area contributed by atoms with E-state index in [0.717, 1.165) is 27.7 Å². The molecule has 0 bridgehead atoms. The molecule has 4 aromatic rings. The first-order chi connectivity index (χ1) is 10.4. The van der Waals surface area contributed by atoms with Crippen molar-refractivity contribution in [3.05, 3.63) is 67.0 Å². The number of hydrogen-bond donors (Lipinski definition) is 0. The number of para-hydroxylation sites is 1. The molecule has 0 aliphatic heterocycles. The number of hydrogen-bond acceptors (Lipinski definition) is 3. The SMILES string of the molecule is C=Cc1nc(-c2ccccc2)c2oc3ccccc3c2n1. The van der Waals surface area contributed by atoms with Crippen LogP contribution in [-0.2, 0) is 0 Å². The predicted molar refractivity (Wildman–Crippen MR) is 84.8 cm³/mol. The quantitative estimate of drug-likeness (QED) is 0.531. The number of nitrogens with zero attached hydrogens (tertiary/aromatic N) is 2. The molecule has 0 amide bonds. The highest BCUT2D eigenvalue weighted by Crippen LogP contribution is 2.33. The van der Waals surface area contributed by atoms with E-state index in [1.807, 2.05) is 54.6 Å². The Morgan fingerprint density at radius 3 is 2.48 bits per heavy atom. The van der Waals surface area contributed by atoms with Crippen LogP contribution in [0, 0.1) is 0 Å². The van der Waals surface area contributed by atoms with Crippen molar-refractivity contribution in [1.82, 2.24) is 9.97 Å². The largest absolute Gasteiger partial charge is 0.452 e. The lowest BCUT2D eigenvalue weighted by atomic mass is 10.1. The molecule has 2 aromatic heterocycles. The van der Waals surface area contributed by atoms with Gasteiger partial charge in [-0.05, 0) is 18.2 Å². The van der Waals surface area contributed by atoms with E-state index in [1.165, 1.54) is 0 Å². The first-order valence-electron chi connectivity index (χ1n) is 6.74. The lowest BCUT2D eigenvalue weighted by molar-refractivity contribution is 0.667. The summed E-state index contributed by atoms with van der Waals surface area (Å²) in [7, 11) is 0. The molecule has 0 fully saturated rings. The molecule has 0 unspecified atom stereocenters. The van der Waals surface area contributed by atoms with Crippen LogP contribution in [-0.4, -0.2) is 9.97 Å². The minimum absolute atomic E-state index is 0.605. The molecule has 3 nitrogen and oxygen atoms in total. The maximum absolute atomic E-state index is 5.98. The van der Waals surface area contributed by atoms with Crippen molar-refractivity contribution in [2.45, 2.75) is 0 Å². The van der Waals surface area contributed by atoms with Crippen LogP contribution in [0.5, 0.6) is 0 Å². The molecule has 0 N–H and O–H groups in total. The lowest BCUT2D eigenvalue weighted by Crippen LogP contribution is -1.92. The Kier molecular flexibility index (Phi) is 2.57. The monoisotopic (exact) mass is 272 g/mol. The fourth-order valence-corrected chi connectivity index (χ4v) is 2.49. The van der Waals surface area contributed by atoms with Crippen LogP contribution in [0.1, 0.15) is 5.82 Å². The third-order valence-corrected chi connectivity index (χ3v) is 3.47. The van der Waals surface area contributed by atoms with Crippen molar-refractivity contribution in [2.24, 2.45) is 0 Å². The number of fused-ring (bicyclic) bond motifs is 3. The molecule has 0 atom stereocenters. The number of furan rings is 1. The molecule has 2 heterocycles. The summed E-state index contributed by atoms with van der Waals surface area (Å²) in [4.78, 5) is 9.11. The summed E-state index contributed by atoms with van der Waals surface area (Å²) in [5.41, 5.74) is 4.17. The van der Waals surface area contributed by atoms with E-state index in [-0.39, 0.29) is 0 Å². The highest BCUT2D eigenvalue weighted by atomic mass is 16.3. The molecule has 0 spiro atoms. The first-order valence-corrected chi connectivity index (χ1v) is 6.74. The summed E-state index contributed by atoms with van der Waals surface area (Å²) in [5, 5.41) is 0.996. The van der Waals surface area contributed by atoms with Gasteiger partial charge in [0.15, 0.2) is 11.4 Å². The molecular formula is C18H12N2O. The second-order valence-electron chi connectivity index (χ2n) is 4.78. The summed E-state index contributed by atoms with van der Waals surface area (Å²) in [6, 6.07) is 17.9. The van der Waals surface area contributed by atoms with Gasteiger partial charge in [-0.3, -0.25) is 0 Å². The standard InChI is InChI=1S/C18H12N2O/c1-2-15-19-16(12-8-4-3-5-9-12)18-17(20-15)13-10-6-7-11-14(13)21-18/h2-11H,1H2. The van der Waals surface area contributed by atoms with Crippen molar-refractivity contribution in [1.29, 1.82) is 0 Å². The Morgan fingerprint density at radius 1 is 0.905 bits per heavy atom. The average molecular weight is 272 g/mol. The third-order valence-electron chi connectivity index (χ3n) is 3.47. The van der Waals surface area contributed by atoms with Gasteiger partial charge in [0.25, 0.3) is 0 Å². The van der Waals surface area contributed by atoms with Gasteiger partial charge in [0.2, 0.25) is 0 Å². The Bertz CT molecular complexity index is 955. The second-order valence-corrected chi connectivity index (χ2v) is 4.78. The molecule has 4 rings (SSSR count). The van der Waals surface area contributed by atoms with Gasteiger partial charge in [-0.25, -0.2) is 9.97 Å². The molecule has 3 heteroatoms. The van der Waals surface area contributed by atoms with Crippen LogP contribution in [0.3, 0.4) is 0 Å². The smallest absolute Gasteiger partial charge is 0.180 e. The zero-order valence-electron chi connectivity index (χ0n) is 11.3. The second kappa shape index (κ2) is 4.56. The minimum atomic E-state index is 0.605. The summed E-state index contributed by atoms with van der Waals surface area (Å²) >= 11 is 0. The van der Waals surface area contributed by atoms with Gasteiger partial charge in [-0.15, -0.1) is 0 Å². The highest BCUT2D eigenvalue weighted by Gasteiger charge is 2.15. The molecule has 0 saturated heterocycles. The van der Waals surface area contributed by atoms with Crippen LogP contribution in [0.25, 0.3) is 39.4 Å². The number of rotatable bonds is 2. The molecule has 0 aliphatic rings. The zero-order chi connectivity index (χ0) is 14.2. The van der Waals surface area contributed by atoms with Gasteiger partial charge in [-0.1, -0.05) is 49.0 Å². The Morgan fingerprint density at radius 2 is 1.67 bits per heavy atom. The van der Waals surface area contributed by atoms with Gasteiger partial charge in [-0.2, -0.15) is 0 Å². The fourth-order valence-electron chi connectivity index (χ4n) is 2.49. The van der Waals surface area contributed by atoms with E-state index in [0.29, 0.717) is 11.4 Å². The molecule has 0 saturated carbocycles. The Hall–Kier alpha value is -2.94. The number of benzene rings is 2. The fraction of sp³-hybridized carbons (Fsp3) is 0. The summed E-state index contributed by atoms with van der Waals surface area (Å²) in [6.45, 7) is 3.78. The Balaban J connectivity index is 2.16. The lowest BCUT2D eigenvalue weighted by Gasteiger charge is -2.02. The van der Waals surface area contributed by atoms with Gasteiger partial charge in [0, 0.05) is 10.9 Å². The van der Waals surface area contributed by atoms with Gasteiger partial charge < -0.3 is 4.42 Å². The van der Waals surface area contributed by atoms with E-state index < -0.39 is 0 Å². The summed E-state index contributed by atoms with van der Waals surface area (Å²) < 4.78 is 5.98. The zero-order valence-corrected chi connectivity index (χ0v) is 11.3. The summed E-state index contributed by atoms with van der Waals surface area (Å²) in [5.74, 6) is 0.605. The van der Waals surface area contributed by atoms with Crippen molar-refractivity contribution in [3.63, 3.8) is 0 Å². The van der Waals surface area contributed by atoms with Crippen LogP contribution in [0.15, 0.2) is 65.6 Å². The first kappa shape index (κ1) is 11.9. The van der Waals surface area contributed by atoms with Gasteiger partial charge in [0.1, 0.15) is 16.8 Å². The van der Waals surface area contributed by atoms with Crippen molar-refractivity contribution >= 4 is 28.1 Å².